The van der Waals surface area contributed by atoms with Crippen LogP contribution in [-0.4, -0.2) is 27.9 Å². The molecule has 0 aliphatic carbocycles. The van der Waals surface area contributed by atoms with Crippen LogP contribution >= 0.6 is 0 Å². The van der Waals surface area contributed by atoms with Crippen molar-refractivity contribution in [3.05, 3.63) is 89.2 Å². The molecule has 1 heterocycles. The minimum Gasteiger partial charge on any atom is -0.388 e. The molecule has 4 nitrogen and oxygen atoms in total. The molecule has 28 heavy (non-hydrogen) atoms. The number of carbonyl (C=O) groups excluding carboxylic acids is 1. The predicted molar refractivity (Wildman–Crippen MR) is 112 cm³/mol. The highest BCUT2D eigenvalue weighted by Crippen LogP contribution is 2.24. The average Bonchev–Trinajstić information content (AvgIpc) is 2.73. The van der Waals surface area contributed by atoms with Crippen LogP contribution < -0.4 is 0 Å². The Morgan fingerprint density at radius 1 is 1.04 bits per heavy atom. The molecule has 1 unspecified atom stereocenters. The van der Waals surface area contributed by atoms with Gasteiger partial charge in [-0.25, -0.2) is 0 Å². The molecule has 1 N–H and O–H groups in total. The zero-order chi connectivity index (χ0) is 20.1. The Balaban J connectivity index is 1.70. The zero-order valence-electron chi connectivity index (χ0n) is 16.6. The van der Waals surface area contributed by atoms with E-state index in [1.807, 2.05) is 81.6 Å². The van der Waals surface area contributed by atoms with Crippen molar-refractivity contribution in [1.29, 1.82) is 0 Å². The summed E-state index contributed by atoms with van der Waals surface area (Å²) in [5, 5.41) is 9.92. The van der Waals surface area contributed by atoms with Gasteiger partial charge in [0.05, 0.1) is 6.10 Å². The smallest absolute Gasteiger partial charge is 0.253 e. The third-order valence-corrected chi connectivity index (χ3v) is 4.87. The minimum absolute atomic E-state index is 0.0116. The molecule has 0 spiro atoms. The molecule has 0 fully saturated rings. The van der Waals surface area contributed by atoms with Gasteiger partial charge < -0.3 is 10.0 Å². The summed E-state index contributed by atoms with van der Waals surface area (Å²) in [6.45, 7) is 4.45. The Hall–Kier alpha value is -2.98. The number of aliphatic hydroxyl groups excluding tert-OH is 1. The summed E-state index contributed by atoms with van der Waals surface area (Å²) < 4.78 is 0. The van der Waals surface area contributed by atoms with Gasteiger partial charge in [-0.2, -0.15) is 0 Å². The monoisotopic (exact) mass is 374 g/mol. The first-order chi connectivity index (χ1) is 13.5. The summed E-state index contributed by atoms with van der Waals surface area (Å²) in [6, 6.07) is 19.5. The van der Waals surface area contributed by atoms with E-state index in [0.717, 1.165) is 27.9 Å². The number of benzene rings is 2. The third kappa shape index (κ3) is 4.65. The number of aryl methyl sites for hydroxylation is 1. The predicted octanol–water partition coefficient (Wildman–Crippen LogP) is 4.77. The van der Waals surface area contributed by atoms with E-state index in [2.05, 4.69) is 4.98 Å². The first kappa shape index (κ1) is 19.8. The molecule has 1 amide bonds. The van der Waals surface area contributed by atoms with Crippen molar-refractivity contribution in [1.82, 2.24) is 9.88 Å². The van der Waals surface area contributed by atoms with Crippen molar-refractivity contribution in [2.45, 2.75) is 32.9 Å². The summed E-state index contributed by atoms with van der Waals surface area (Å²) in [6.07, 6.45) is 2.04. The van der Waals surface area contributed by atoms with E-state index in [4.69, 9.17) is 0 Å². The van der Waals surface area contributed by atoms with E-state index in [1.165, 1.54) is 0 Å². The summed E-state index contributed by atoms with van der Waals surface area (Å²) in [5.74, 6) is -0.0116. The molecule has 3 rings (SSSR count). The summed E-state index contributed by atoms with van der Waals surface area (Å²) >= 11 is 0. The molecule has 4 heteroatoms. The number of nitrogens with zero attached hydrogens (tertiary/aromatic N) is 2. The summed E-state index contributed by atoms with van der Waals surface area (Å²) in [7, 11) is 1.81. The normalized spacial score (nSPS) is 11.9. The van der Waals surface area contributed by atoms with Gasteiger partial charge in [0, 0.05) is 31.0 Å². The van der Waals surface area contributed by atoms with Gasteiger partial charge in [0.1, 0.15) is 0 Å². The maximum atomic E-state index is 12.7. The summed E-state index contributed by atoms with van der Waals surface area (Å²) in [5.41, 5.74) is 5.70. The molecular formula is C24H26N2O2. The van der Waals surface area contributed by atoms with Gasteiger partial charge in [0.25, 0.3) is 5.91 Å². The lowest BCUT2D eigenvalue weighted by atomic mass is 10.00. The molecular weight excluding hydrogens is 348 g/mol. The SMILES string of the molecule is CCC(O)c1ccc(-c2ccc(C(=O)N(C)Cc3ccnc(C)c3)cc2)cc1. The van der Waals surface area contributed by atoms with E-state index >= 15 is 0 Å². The number of hydrogen-bond acceptors (Lipinski definition) is 3. The second-order valence-electron chi connectivity index (χ2n) is 7.09. The van der Waals surface area contributed by atoms with Gasteiger partial charge in [0.2, 0.25) is 0 Å². The Kier molecular flexibility index (Phi) is 6.22. The Morgan fingerprint density at radius 3 is 2.21 bits per heavy atom. The fourth-order valence-electron chi connectivity index (χ4n) is 3.21. The third-order valence-electron chi connectivity index (χ3n) is 4.87. The van der Waals surface area contributed by atoms with Crippen molar-refractivity contribution in [2.24, 2.45) is 0 Å². The van der Waals surface area contributed by atoms with Crippen LogP contribution in [0.15, 0.2) is 66.9 Å². The number of pyridine rings is 1. The van der Waals surface area contributed by atoms with Gasteiger partial charge >= 0.3 is 0 Å². The van der Waals surface area contributed by atoms with Crippen molar-refractivity contribution in [3.63, 3.8) is 0 Å². The highest BCUT2D eigenvalue weighted by Gasteiger charge is 2.13. The van der Waals surface area contributed by atoms with E-state index in [9.17, 15) is 9.90 Å². The second kappa shape index (κ2) is 8.81. The summed E-state index contributed by atoms with van der Waals surface area (Å²) in [4.78, 5) is 18.6. The average molecular weight is 374 g/mol. The van der Waals surface area contributed by atoms with Crippen LogP contribution in [0.1, 0.15) is 46.6 Å². The number of aliphatic hydroxyl groups is 1. The fourth-order valence-corrected chi connectivity index (χ4v) is 3.21. The molecule has 0 saturated heterocycles. The largest absolute Gasteiger partial charge is 0.388 e. The molecule has 1 atom stereocenters. The van der Waals surface area contributed by atoms with E-state index in [0.29, 0.717) is 18.5 Å². The van der Waals surface area contributed by atoms with E-state index in [-0.39, 0.29) is 5.91 Å². The van der Waals surface area contributed by atoms with E-state index in [1.54, 1.807) is 11.1 Å². The molecule has 144 valence electrons. The highest BCUT2D eigenvalue weighted by atomic mass is 16.3. The van der Waals surface area contributed by atoms with Gasteiger partial charge in [-0.15, -0.1) is 0 Å². The van der Waals surface area contributed by atoms with Crippen LogP contribution in [0.2, 0.25) is 0 Å². The Morgan fingerprint density at radius 2 is 1.64 bits per heavy atom. The molecule has 0 radical (unpaired) electrons. The van der Waals surface area contributed by atoms with Gasteiger partial charge in [-0.1, -0.05) is 43.3 Å². The molecule has 0 saturated carbocycles. The first-order valence-corrected chi connectivity index (χ1v) is 9.53. The lowest BCUT2D eigenvalue weighted by molar-refractivity contribution is 0.0785. The molecule has 0 aliphatic heterocycles. The molecule has 1 aromatic heterocycles. The lowest BCUT2D eigenvalue weighted by Crippen LogP contribution is -2.26. The number of rotatable bonds is 6. The van der Waals surface area contributed by atoms with E-state index < -0.39 is 6.10 Å². The topological polar surface area (TPSA) is 53.4 Å². The second-order valence-corrected chi connectivity index (χ2v) is 7.09. The molecule has 3 aromatic rings. The van der Waals surface area contributed by atoms with Crippen LogP contribution in [0.4, 0.5) is 0 Å². The van der Waals surface area contributed by atoms with Crippen molar-refractivity contribution < 1.29 is 9.90 Å². The van der Waals surface area contributed by atoms with Gasteiger partial charge in [-0.3, -0.25) is 9.78 Å². The minimum atomic E-state index is -0.422. The van der Waals surface area contributed by atoms with Crippen LogP contribution in [0.25, 0.3) is 11.1 Å². The van der Waals surface area contributed by atoms with Crippen LogP contribution in [0.3, 0.4) is 0 Å². The highest BCUT2D eigenvalue weighted by molar-refractivity contribution is 5.94. The lowest BCUT2D eigenvalue weighted by Gasteiger charge is -2.18. The fraction of sp³-hybridized carbons (Fsp3) is 0.250. The van der Waals surface area contributed by atoms with Crippen LogP contribution in [0.5, 0.6) is 0 Å². The quantitative estimate of drug-likeness (QED) is 0.676. The zero-order valence-corrected chi connectivity index (χ0v) is 16.6. The van der Waals surface area contributed by atoms with Crippen LogP contribution in [-0.2, 0) is 6.54 Å². The first-order valence-electron chi connectivity index (χ1n) is 9.53. The van der Waals surface area contributed by atoms with Crippen molar-refractivity contribution in [2.75, 3.05) is 7.05 Å². The molecule has 2 aromatic carbocycles. The van der Waals surface area contributed by atoms with Gasteiger partial charge in [0.15, 0.2) is 0 Å². The van der Waals surface area contributed by atoms with Crippen LogP contribution in [0, 0.1) is 6.92 Å². The number of amides is 1. The number of hydrogen-bond donors (Lipinski definition) is 1. The molecule has 0 aliphatic rings. The maximum Gasteiger partial charge on any atom is 0.253 e. The Labute approximate surface area is 166 Å². The molecule has 0 bridgehead atoms. The van der Waals surface area contributed by atoms with Crippen molar-refractivity contribution >= 4 is 5.91 Å². The maximum absolute atomic E-state index is 12.7. The number of carbonyl (C=O) groups is 1. The Bertz CT molecular complexity index is 934. The standard InChI is InChI=1S/C24H26N2O2/c1-4-23(27)21-9-5-19(6-10-21)20-7-11-22(12-8-20)24(28)26(3)16-18-13-14-25-17(2)15-18/h5-15,23,27H,4,16H2,1-3H3. The number of aromatic nitrogens is 1. The van der Waals surface area contributed by atoms with Gasteiger partial charge in [-0.05, 0) is 59.9 Å². The van der Waals surface area contributed by atoms with Crippen molar-refractivity contribution in [3.8, 4) is 11.1 Å².